The lowest BCUT2D eigenvalue weighted by molar-refractivity contribution is -0.511. The van der Waals surface area contributed by atoms with Crippen LogP contribution in [0.5, 0.6) is 0 Å². The van der Waals surface area contributed by atoms with E-state index >= 15 is 0 Å². The van der Waals surface area contributed by atoms with Crippen LogP contribution in [-0.2, 0) is 28.8 Å². The van der Waals surface area contributed by atoms with Gasteiger partial charge in [-0.2, -0.15) is 136 Å². The Labute approximate surface area is 288 Å². The van der Waals surface area contributed by atoms with Crippen molar-refractivity contribution in [1.82, 2.24) is 0 Å². The molecule has 0 N–H and O–H groups in total. The van der Waals surface area contributed by atoms with E-state index in [1.165, 1.54) is 11.3 Å². The topological polar surface area (TPSA) is 71.1 Å². The van der Waals surface area contributed by atoms with E-state index in [4.69, 9.17) is 0 Å². The van der Waals surface area contributed by atoms with E-state index in [2.05, 4.69) is 9.47 Å². The Morgan fingerprint density at radius 3 is 1.04 bits per heavy atom. The molecule has 0 aromatic heterocycles. The minimum absolute atomic E-state index is 0.0502. The van der Waals surface area contributed by atoms with Gasteiger partial charge >= 0.3 is 93.0 Å². The summed E-state index contributed by atoms with van der Waals surface area (Å²) in [7, 11) is -9.09. The van der Waals surface area contributed by atoms with Crippen LogP contribution in [0.1, 0.15) is 19.8 Å². The average molecular weight is 932 g/mol. The van der Waals surface area contributed by atoms with E-state index in [0.29, 0.717) is 0 Å². The van der Waals surface area contributed by atoms with Crippen molar-refractivity contribution >= 4 is 10.1 Å². The maximum atomic E-state index is 14.0. The van der Waals surface area contributed by atoms with Crippen LogP contribution < -0.4 is 0 Å². The molecular weight excluding hydrogens is 919 g/mol. The smallest absolute Gasteiger partial charge is 0.379 e. The van der Waals surface area contributed by atoms with Crippen molar-refractivity contribution in [3.05, 3.63) is 0 Å². The highest BCUT2D eigenvalue weighted by molar-refractivity contribution is 7.87. The minimum atomic E-state index is -9.71. The van der Waals surface area contributed by atoms with E-state index < -0.39 is 113 Å². The van der Waals surface area contributed by atoms with Crippen LogP contribution >= 0.6 is 0 Å². The Balaban J connectivity index is 6.96. The summed E-state index contributed by atoms with van der Waals surface area (Å²) in [6.07, 6.45) is -23.7. The number of unbranched alkanes of at least 4 members (excludes halogenated alkanes) is 1. The first-order chi connectivity index (χ1) is 24.0. The molecule has 0 rings (SSSR count). The summed E-state index contributed by atoms with van der Waals surface area (Å²) in [4.78, 5) is 1.15. The molecule has 0 saturated carbocycles. The molecule has 0 amide bonds. The van der Waals surface area contributed by atoms with Gasteiger partial charge in [-0.05, 0) is 6.42 Å². The van der Waals surface area contributed by atoms with Crippen molar-refractivity contribution in [2.75, 3.05) is 19.8 Å². The molecule has 56 heavy (non-hydrogen) atoms. The SMILES string of the molecule is CCCCOCCOC(F)(F)C(F)(F)C(F)(F)C(F)(F)C(F)(F)C(F)(F)C(F)(F)C(F)(F)C(F)(F)C(F)(F)OOS(=O)(=O)C(F)(F)C(F)(F)C(F)(F)C(F)(F)F. The zero-order valence-electron chi connectivity index (χ0n) is 25.4. The van der Waals surface area contributed by atoms with Crippen LogP contribution in [0.2, 0.25) is 0 Å². The van der Waals surface area contributed by atoms with Gasteiger partial charge in [0.2, 0.25) is 0 Å². The van der Waals surface area contributed by atoms with E-state index in [0.717, 1.165) is 4.89 Å². The van der Waals surface area contributed by atoms with Gasteiger partial charge in [-0.3, -0.25) is 0 Å². The molecule has 0 fully saturated rings. The molecule has 338 valence electrons. The number of ether oxygens (including phenoxy) is 2. The van der Waals surface area contributed by atoms with Crippen LogP contribution in [0.15, 0.2) is 0 Å². The minimum Gasteiger partial charge on any atom is -0.379 e. The second kappa shape index (κ2) is 15.1. The van der Waals surface area contributed by atoms with Crippen LogP contribution in [0.4, 0.5) is 127 Å². The van der Waals surface area contributed by atoms with Crippen molar-refractivity contribution in [1.29, 1.82) is 0 Å². The van der Waals surface area contributed by atoms with Crippen LogP contribution in [-0.4, -0.2) is 111 Å². The maximum absolute atomic E-state index is 14.0. The lowest BCUT2D eigenvalue weighted by atomic mass is 9.87. The molecule has 0 atom stereocenters. The molecular formula is C20H13F29O6S. The molecule has 0 saturated heterocycles. The highest BCUT2D eigenvalue weighted by Crippen LogP contribution is 2.66. The third kappa shape index (κ3) is 7.80. The fourth-order valence-corrected chi connectivity index (χ4v) is 3.62. The summed E-state index contributed by atoms with van der Waals surface area (Å²) in [5.74, 6) is -91.6. The van der Waals surface area contributed by atoms with Gasteiger partial charge in [-0.15, -0.1) is 4.89 Å². The molecule has 0 aliphatic carbocycles. The highest BCUT2D eigenvalue weighted by Gasteiger charge is 2.98. The molecule has 0 aliphatic rings. The van der Waals surface area contributed by atoms with Crippen molar-refractivity contribution in [3.8, 4) is 0 Å². The third-order valence-corrected chi connectivity index (χ3v) is 7.43. The van der Waals surface area contributed by atoms with E-state index in [9.17, 15) is 136 Å². The first kappa shape index (κ1) is 53.8. The number of alkyl halides is 29. The van der Waals surface area contributed by atoms with Gasteiger partial charge in [-0.1, -0.05) is 17.7 Å². The van der Waals surface area contributed by atoms with Gasteiger partial charge in [0, 0.05) is 6.61 Å². The maximum Gasteiger partial charge on any atom is 0.460 e. The fraction of sp³-hybridized carbons (Fsp3) is 1.00. The second-order valence-corrected chi connectivity index (χ2v) is 11.8. The Kier molecular flexibility index (Phi) is 14.5. The largest absolute Gasteiger partial charge is 0.460 e. The van der Waals surface area contributed by atoms with Crippen molar-refractivity contribution in [3.63, 3.8) is 0 Å². The molecule has 0 heterocycles. The summed E-state index contributed by atoms with van der Waals surface area (Å²) in [6.45, 7) is -2.49. The van der Waals surface area contributed by atoms with Gasteiger partial charge in [-0.25, -0.2) is 0 Å². The lowest BCUT2D eigenvalue weighted by Crippen LogP contribution is -2.77. The van der Waals surface area contributed by atoms with E-state index in [1.54, 1.807) is 0 Å². The molecule has 0 bridgehead atoms. The van der Waals surface area contributed by atoms with Gasteiger partial charge < -0.3 is 9.47 Å². The zero-order chi connectivity index (χ0) is 45.9. The molecule has 0 unspecified atom stereocenters. The van der Waals surface area contributed by atoms with Crippen LogP contribution in [0.3, 0.4) is 0 Å². The fourth-order valence-electron chi connectivity index (χ4n) is 2.92. The van der Waals surface area contributed by atoms with E-state index in [1.807, 2.05) is 0 Å². The predicted octanol–water partition coefficient (Wildman–Crippen LogP) is 9.79. The molecule has 0 radical (unpaired) electrons. The summed E-state index contributed by atoms with van der Waals surface area (Å²) in [5.41, 5.74) is 0. The van der Waals surface area contributed by atoms with Crippen molar-refractivity contribution < 1.29 is 154 Å². The normalized spacial score (nSPS) is 16.5. The third-order valence-electron chi connectivity index (χ3n) is 6.30. The number of hydrogen-bond acceptors (Lipinski definition) is 6. The highest BCUT2D eigenvalue weighted by atomic mass is 32.2. The lowest BCUT2D eigenvalue weighted by Gasteiger charge is -2.44. The predicted molar refractivity (Wildman–Crippen MR) is 113 cm³/mol. The van der Waals surface area contributed by atoms with Gasteiger partial charge in [0.1, 0.15) is 0 Å². The molecule has 6 nitrogen and oxygen atoms in total. The Morgan fingerprint density at radius 1 is 0.393 bits per heavy atom. The van der Waals surface area contributed by atoms with E-state index in [-0.39, 0.29) is 12.8 Å². The Hall–Kier alpha value is -2.24. The molecule has 0 spiro atoms. The number of hydrogen-bond donors (Lipinski definition) is 0. The number of halogens is 29. The molecule has 0 aromatic carbocycles. The standard InChI is InChI=1S/C20H13F29O6S/c1-2-3-4-52-5-6-53-18(44,45)14(35,36)11(29,30)9(25,26)7(21,22)8(23,24)10(27,28)12(31,32)15(37,38)19(46,47)54-55-56(50,51)20(48,49)16(39,40)13(33,34)17(41,42)43/h2-6H2,1H3. The molecule has 0 aromatic rings. The molecule has 0 aliphatic heterocycles. The summed E-state index contributed by atoms with van der Waals surface area (Å²) in [6, 6.07) is 0. The second-order valence-electron chi connectivity index (χ2n) is 10.2. The summed E-state index contributed by atoms with van der Waals surface area (Å²) >= 11 is 0. The Morgan fingerprint density at radius 2 is 0.714 bits per heavy atom. The molecule has 36 heteroatoms. The Bertz CT molecular complexity index is 1450. The summed E-state index contributed by atoms with van der Waals surface area (Å²) < 4.78 is 422. The first-order valence-corrected chi connectivity index (χ1v) is 14.2. The first-order valence-electron chi connectivity index (χ1n) is 12.8. The van der Waals surface area contributed by atoms with Crippen molar-refractivity contribution in [2.24, 2.45) is 0 Å². The summed E-state index contributed by atoms with van der Waals surface area (Å²) in [5, 5.41) is -8.46. The van der Waals surface area contributed by atoms with Crippen LogP contribution in [0, 0.1) is 0 Å². The van der Waals surface area contributed by atoms with Crippen LogP contribution in [0.25, 0.3) is 0 Å². The average Bonchev–Trinajstić information content (AvgIpc) is 3.00. The zero-order valence-corrected chi connectivity index (χ0v) is 26.2. The van der Waals surface area contributed by atoms with Gasteiger partial charge in [0.25, 0.3) is 0 Å². The van der Waals surface area contributed by atoms with Gasteiger partial charge in [0.05, 0.1) is 13.2 Å². The quantitative estimate of drug-likeness (QED) is 0.0467. The number of rotatable bonds is 22. The monoisotopic (exact) mass is 932 g/mol. The van der Waals surface area contributed by atoms with Gasteiger partial charge in [0.15, 0.2) is 0 Å². The van der Waals surface area contributed by atoms with Crippen molar-refractivity contribution in [2.45, 2.75) is 103 Å².